The average Bonchev–Trinajstić information content (AvgIpc) is 2.97. The normalized spacial score (nSPS) is 14.9. The first-order chi connectivity index (χ1) is 21.5. The monoisotopic (exact) mass is 661 g/mol. The highest BCUT2D eigenvalue weighted by molar-refractivity contribution is 7.45. The zero-order chi connectivity index (χ0) is 33.7. The number of unbranched alkanes of at least 4 members (excludes halogenated alkanes) is 20. The summed E-state index contributed by atoms with van der Waals surface area (Å²) in [6, 6.07) is -0.875. The quantitative estimate of drug-likeness (QED) is 0.0316. The summed E-state index contributed by atoms with van der Waals surface area (Å²) in [5.41, 5.74) is 0. The van der Waals surface area contributed by atoms with Crippen molar-refractivity contribution in [2.45, 2.75) is 174 Å². The number of nitrogens with one attached hydrogen (secondary N) is 1. The molecule has 0 heterocycles. The van der Waals surface area contributed by atoms with Gasteiger partial charge in [0.05, 0.1) is 39.9 Å². The van der Waals surface area contributed by atoms with E-state index in [-0.39, 0.29) is 19.1 Å². The minimum absolute atomic E-state index is 0.000177. The topological polar surface area (TPSA) is 108 Å². The van der Waals surface area contributed by atoms with Crippen molar-refractivity contribution in [1.29, 1.82) is 0 Å². The number of likely N-dealkylation sites (N-methyl/N-ethyl adjacent to an activating group) is 1. The number of amides is 1. The van der Waals surface area contributed by atoms with Crippen LogP contribution in [0.15, 0.2) is 12.2 Å². The van der Waals surface area contributed by atoms with Gasteiger partial charge in [-0.05, 0) is 19.3 Å². The van der Waals surface area contributed by atoms with E-state index in [0.717, 1.165) is 38.5 Å². The summed E-state index contributed by atoms with van der Waals surface area (Å²) in [4.78, 5) is 24.7. The molecular weight excluding hydrogens is 587 g/mol. The number of phosphoric acid groups is 1. The summed E-state index contributed by atoms with van der Waals surface area (Å²) < 4.78 is 22.8. The van der Waals surface area contributed by atoms with Gasteiger partial charge in [0.2, 0.25) is 5.91 Å². The molecule has 0 aromatic carbocycles. The Morgan fingerprint density at radius 1 is 0.756 bits per heavy atom. The zero-order valence-electron chi connectivity index (χ0n) is 30.1. The molecule has 45 heavy (non-hydrogen) atoms. The average molecular weight is 661 g/mol. The first-order valence-electron chi connectivity index (χ1n) is 18.6. The van der Waals surface area contributed by atoms with Crippen molar-refractivity contribution in [2.75, 3.05) is 40.9 Å². The van der Waals surface area contributed by atoms with Crippen molar-refractivity contribution in [3.63, 3.8) is 0 Å². The molecule has 0 bridgehead atoms. The third-order valence-corrected chi connectivity index (χ3v) is 9.21. The molecule has 0 aliphatic heterocycles. The van der Waals surface area contributed by atoms with E-state index < -0.39 is 20.0 Å². The summed E-state index contributed by atoms with van der Waals surface area (Å²) in [6.07, 6.45) is 30.5. The molecule has 8 nitrogen and oxygen atoms in total. The van der Waals surface area contributed by atoms with Gasteiger partial charge in [-0.15, -0.1) is 0 Å². The van der Waals surface area contributed by atoms with Crippen molar-refractivity contribution >= 4 is 13.7 Å². The van der Waals surface area contributed by atoms with Gasteiger partial charge >= 0.3 is 0 Å². The number of nitrogens with zero attached hydrogens (tertiary/aromatic N) is 1. The molecule has 0 radical (unpaired) electrons. The predicted molar refractivity (Wildman–Crippen MR) is 187 cm³/mol. The van der Waals surface area contributed by atoms with Crippen LogP contribution in [0.5, 0.6) is 0 Å². The van der Waals surface area contributed by atoms with Gasteiger partial charge in [0.25, 0.3) is 7.82 Å². The van der Waals surface area contributed by atoms with E-state index in [1.165, 1.54) is 103 Å². The van der Waals surface area contributed by atoms with Crippen LogP contribution in [0, 0.1) is 0 Å². The Hall–Kier alpha value is -0.760. The number of rotatable bonds is 33. The van der Waals surface area contributed by atoms with Gasteiger partial charge in [0.1, 0.15) is 13.2 Å². The van der Waals surface area contributed by atoms with Crippen LogP contribution in [0.1, 0.15) is 162 Å². The van der Waals surface area contributed by atoms with E-state index in [0.29, 0.717) is 17.4 Å². The van der Waals surface area contributed by atoms with E-state index in [1.807, 2.05) is 27.2 Å². The van der Waals surface area contributed by atoms with Crippen LogP contribution in [0.25, 0.3) is 0 Å². The minimum atomic E-state index is -4.56. The third-order valence-electron chi connectivity index (χ3n) is 8.25. The highest BCUT2D eigenvalue weighted by atomic mass is 31.2. The zero-order valence-corrected chi connectivity index (χ0v) is 31.0. The fourth-order valence-electron chi connectivity index (χ4n) is 5.21. The molecule has 0 fully saturated rings. The highest BCUT2D eigenvalue weighted by Gasteiger charge is 2.23. The second-order valence-electron chi connectivity index (χ2n) is 13.9. The van der Waals surface area contributed by atoms with Gasteiger partial charge in [-0.1, -0.05) is 148 Å². The molecule has 268 valence electrons. The Labute approximate surface area is 278 Å². The van der Waals surface area contributed by atoms with E-state index in [2.05, 4.69) is 19.2 Å². The Balaban J connectivity index is 4.15. The number of phosphoric ester groups is 1. The summed E-state index contributed by atoms with van der Waals surface area (Å²) in [6.45, 7) is 4.46. The van der Waals surface area contributed by atoms with Crippen molar-refractivity contribution < 1.29 is 32.9 Å². The molecule has 3 unspecified atom stereocenters. The Morgan fingerprint density at radius 2 is 1.20 bits per heavy atom. The van der Waals surface area contributed by atoms with Crippen molar-refractivity contribution in [1.82, 2.24) is 5.32 Å². The molecule has 0 aromatic heterocycles. The molecule has 9 heteroatoms. The van der Waals surface area contributed by atoms with E-state index in [4.69, 9.17) is 9.05 Å². The molecule has 2 N–H and O–H groups in total. The smallest absolute Gasteiger partial charge is 0.268 e. The number of carbonyl (C=O) groups is 1. The fraction of sp³-hybridized carbons (Fsp3) is 0.917. The number of quaternary nitrogens is 1. The molecule has 0 aromatic rings. The van der Waals surface area contributed by atoms with Crippen LogP contribution < -0.4 is 10.2 Å². The molecule has 0 aliphatic rings. The van der Waals surface area contributed by atoms with Crippen LogP contribution in [0.4, 0.5) is 0 Å². The Morgan fingerprint density at radius 3 is 1.67 bits per heavy atom. The molecule has 1 amide bonds. The summed E-state index contributed by atoms with van der Waals surface area (Å²) in [5, 5.41) is 13.5. The van der Waals surface area contributed by atoms with Gasteiger partial charge in [-0.3, -0.25) is 9.36 Å². The highest BCUT2D eigenvalue weighted by Crippen LogP contribution is 2.38. The lowest BCUT2D eigenvalue weighted by Crippen LogP contribution is -2.45. The van der Waals surface area contributed by atoms with Crippen LogP contribution in [0.3, 0.4) is 0 Å². The molecule has 0 spiro atoms. The third kappa shape index (κ3) is 31.6. The lowest BCUT2D eigenvalue weighted by molar-refractivity contribution is -0.870. The van der Waals surface area contributed by atoms with Gasteiger partial charge in [0.15, 0.2) is 0 Å². The SMILES string of the molecule is CCCCCCCCCCCCCCCCCCCC/C=C/C(O)C(COP(=O)([O-])OCC[N+](C)(C)C)NC(=O)CCCCC. The first kappa shape index (κ1) is 44.2. The van der Waals surface area contributed by atoms with Crippen LogP contribution in [-0.2, 0) is 18.4 Å². The number of hydrogen-bond acceptors (Lipinski definition) is 6. The van der Waals surface area contributed by atoms with Gasteiger partial charge in [0, 0.05) is 6.42 Å². The second-order valence-corrected chi connectivity index (χ2v) is 15.3. The summed E-state index contributed by atoms with van der Waals surface area (Å²) in [5.74, 6) is -0.223. The van der Waals surface area contributed by atoms with Crippen molar-refractivity contribution in [3.05, 3.63) is 12.2 Å². The largest absolute Gasteiger partial charge is 0.756 e. The minimum Gasteiger partial charge on any atom is -0.756 e. The molecule has 3 atom stereocenters. The maximum Gasteiger partial charge on any atom is 0.268 e. The molecule has 0 aliphatic carbocycles. The predicted octanol–water partition coefficient (Wildman–Crippen LogP) is 8.61. The maximum absolute atomic E-state index is 12.4. The summed E-state index contributed by atoms with van der Waals surface area (Å²) in [7, 11) is 1.26. The first-order valence-corrected chi connectivity index (χ1v) is 20.0. The molecule has 0 saturated heterocycles. The maximum atomic E-state index is 12.4. The van der Waals surface area contributed by atoms with E-state index in [9.17, 15) is 19.4 Å². The van der Waals surface area contributed by atoms with Crippen molar-refractivity contribution in [2.24, 2.45) is 0 Å². The molecular formula is C36H73N2O6P. The number of hydrogen-bond donors (Lipinski definition) is 2. The number of aliphatic hydroxyl groups excluding tert-OH is 1. The molecule has 0 saturated carbocycles. The summed E-state index contributed by atoms with van der Waals surface area (Å²) >= 11 is 0. The van der Waals surface area contributed by atoms with Crippen LogP contribution >= 0.6 is 7.82 Å². The molecule has 0 rings (SSSR count). The van der Waals surface area contributed by atoms with E-state index >= 15 is 0 Å². The Kier molecular flexibility index (Phi) is 28.9. The van der Waals surface area contributed by atoms with Gasteiger partial charge in [-0.2, -0.15) is 0 Å². The van der Waals surface area contributed by atoms with Gasteiger partial charge < -0.3 is 28.8 Å². The van der Waals surface area contributed by atoms with E-state index in [1.54, 1.807) is 6.08 Å². The van der Waals surface area contributed by atoms with Crippen molar-refractivity contribution in [3.8, 4) is 0 Å². The lowest BCUT2D eigenvalue weighted by atomic mass is 10.0. The second kappa shape index (κ2) is 29.4. The fourth-order valence-corrected chi connectivity index (χ4v) is 5.93. The van der Waals surface area contributed by atoms with Gasteiger partial charge in [-0.25, -0.2) is 0 Å². The standard InChI is InChI=1S/C36H73N2O6P/c1-6-8-10-11-12-13-14-15-16-17-18-19-20-21-22-23-24-25-26-28-29-35(39)34(37-36(40)30-27-9-7-2)33-44-45(41,42)43-32-31-38(3,4)5/h28-29,34-35,39H,6-27,30-33H2,1-5H3,(H-,37,40,41,42)/b29-28+. The van der Waals surface area contributed by atoms with Crippen LogP contribution in [-0.4, -0.2) is 68.5 Å². The Bertz CT molecular complexity index is 758. The number of aliphatic hydroxyl groups is 1. The number of carbonyl (C=O) groups excluding carboxylic acids is 1. The number of allylic oxidation sites excluding steroid dienone is 1. The lowest BCUT2D eigenvalue weighted by Gasteiger charge is -2.29. The van der Waals surface area contributed by atoms with Crippen LogP contribution in [0.2, 0.25) is 0 Å².